The van der Waals surface area contributed by atoms with Crippen LogP contribution in [0.3, 0.4) is 0 Å². The number of aliphatic hydroxyl groups is 13. The number of ether oxygens (including phenoxy) is 12. The number of carboxylic acids is 1. The summed E-state index contributed by atoms with van der Waals surface area (Å²) in [6.45, 7) is 11.1. The highest BCUT2D eigenvalue weighted by atomic mass is 16.7. The highest BCUT2D eigenvalue weighted by molar-refractivity contribution is 5.73. The van der Waals surface area contributed by atoms with Crippen LogP contribution in [-0.4, -0.2) is 297 Å². The van der Waals surface area contributed by atoms with Crippen molar-refractivity contribution in [3.05, 3.63) is 0 Å². The monoisotopic (exact) mass is 1040 g/mol. The smallest absolute Gasteiger partial charge is 0.333 e. The topological polar surface area (TPSA) is 411 Å². The van der Waals surface area contributed by atoms with Gasteiger partial charge in [0.05, 0.1) is 62.5 Å². The average Bonchev–Trinajstić information content (AvgIpc) is 3.33. The molecule has 0 bridgehead atoms. The van der Waals surface area contributed by atoms with Crippen molar-refractivity contribution < 1.29 is 133 Å². The van der Waals surface area contributed by atoms with E-state index in [-0.39, 0.29) is 31.5 Å². The first-order valence-corrected chi connectivity index (χ1v) is 23.5. The third-order valence-corrected chi connectivity index (χ3v) is 13.6. The molecule has 27 nitrogen and oxygen atoms in total. The van der Waals surface area contributed by atoms with Crippen LogP contribution in [0.15, 0.2) is 0 Å². The molecule has 14 N–H and O–H groups in total. The molecule has 27 heteroatoms. The summed E-state index contributed by atoms with van der Waals surface area (Å²) >= 11 is 0. The zero-order chi connectivity index (χ0) is 53.9. The maximum absolute atomic E-state index is 11.4. The average molecular weight is 1040 g/mol. The van der Waals surface area contributed by atoms with Crippen LogP contribution in [0, 0.1) is 5.92 Å². The van der Waals surface area contributed by atoms with E-state index in [4.69, 9.17) is 61.9 Å². The molecule has 0 aliphatic carbocycles. The fourth-order valence-electron chi connectivity index (χ4n) is 8.93. The Hall–Kier alpha value is -1.53. The molecule has 420 valence electrons. The van der Waals surface area contributed by atoms with E-state index in [1.165, 1.54) is 35.4 Å². The van der Waals surface area contributed by atoms with Gasteiger partial charge in [-0.1, -0.05) is 6.92 Å². The van der Waals surface area contributed by atoms with Gasteiger partial charge >= 0.3 is 5.97 Å². The molecule has 0 amide bonds. The van der Waals surface area contributed by atoms with Crippen molar-refractivity contribution in [2.75, 3.05) is 48.3 Å². The summed E-state index contributed by atoms with van der Waals surface area (Å²) in [6.07, 6.45) is -26.4. The van der Waals surface area contributed by atoms with Gasteiger partial charge in [0.1, 0.15) is 110 Å². The first kappa shape index (κ1) is 63.8. The Morgan fingerprint density at radius 2 is 0.930 bits per heavy atom. The Bertz CT molecular complexity index is 1510. The van der Waals surface area contributed by atoms with E-state index < -0.39 is 171 Å². The van der Waals surface area contributed by atoms with E-state index in [9.17, 15) is 71.2 Å². The summed E-state index contributed by atoms with van der Waals surface area (Å²) in [6, 6.07) is 0. The molecule has 29 atom stereocenters. The minimum atomic E-state index is -1.72. The van der Waals surface area contributed by atoms with Crippen molar-refractivity contribution in [2.45, 2.75) is 220 Å². The van der Waals surface area contributed by atoms with E-state index in [1.807, 2.05) is 0 Å². The number of methoxy groups -OCH3 is 4. The summed E-state index contributed by atoms with van der Waals surface area (Å²) in [4.78, 5) is 11.4. The molecule has 6 aliphatic rings. The zero-order valence-corrected chi connectivity index (χ0v) is 41.9. The number of aliphatic carboxylic acids is 1. The maximum Gasteiger partial charge on any atom is 0.333 e. The number of carbonyl (C=O) groups is 1. The van der Waals surface area contributed by atoms with Gasteiger partial charge in [-0.3, -0.25) is 0 Å². The van der Waals surface area contributed by atoms with E-state index >= 15 is 0 Å². The van der Waals surface area contributed by atoms with Gasteiger partial charge in [-0.2, -0.15) is 0 Å². The Labute approximate surface area is 412 Å². The van der Waals surface area contributed by atoms with Gasteiger partial charge in [0.25, 0.3) is 0 Å². The van der Waals surface area contributed by atoms with Gasteiger partial charge in [-0.15, -0.1) is 0 Å². The van der Waals surface area contributed by atoms with E-state index in [0.717, 1.165) is 0 Å². The molecule has 6 fully saturated rings. The van der Waals surface area contributed by atoms with Gasteiger partial charge in [0.15, 0.2) is 18.7 Å². The minimum absolute atomic E-state index is 0.230. The Balaban J connectivity index is 0.000000299. The normalized spacial score (nSPS) is 49.2. The summed E-state index contributed by atoms with van der Waals surface area (Å²) in [5, 5.41) is 137. The fraction of sp³-hybridized carbons (Fsp3) is 0.977. The summed E-state index contributed by atoms with van der Waals surface area (Å²) in [5.74, 6) is -2.27. The molecular formula is C44H82O27. The third-order valence-electron chi connectivity index (χ3n) is 13.6. The van der Waals surface area contributed by atoms with Crippen molar-refractivity contribution in [1.29, 1.82) is 0 Å². The second-order valence-corrected chi connectivity index (χ2v) is 18.6. The van der Waals surface area contributed by atoms with Gasteiger partial charge in [-0.25, -0.2) is 4.79 Å². The largest absolute Gasteiger partial charge is 0.479 e. The highest BCUT2D eigenvalue weighted by Gasteiger charge is 2.51. The Kier molecular flexibility index (Phi) is 26.1. The molecule has 0 aromatic heterocycles. The standard InChI is InChI=1S/C21H36O14.C8H16O5.C8H16O4.C7H14O4/c1-6-10(22)14(26)20(34-16(6)19(28)29)31-5-9-12(24)13(25)15(27)21(33-9)35-17-8(3)32-7(2)11(23)18(17)30-4;1-4-6(10)7(11)8(12-2)5(3-9)13-4;1-4-6(9)8(11-3)7(10)5(2)12-4;1-4-6(9)7(10-2)5(8)3-11-4/h6-18,20-27H,5H2,1-4H3,(H,28,29);4-11H,3H2,1-2H3;4-10H,1-3H3;4-9H,3H2,1-2H3/t6-,7?,8?,9?,10-,11-,12+,13-,14?,15?,16?,17?,18-,20-,21+;4-,5?,6-,7?,8-;4?,5?,6-,7?,8?;4-,5+,6?,7+/m0101/s1. The third kappa shape index (κ3) is 15.8. The van der Waals surface area contributed by atoms with Crippen molar-refractivity contribution in [3.63, 3.8) is 0 Å². The number of rotatable bonds is 11. The van der Waals surface area contributed by atoms with Crippen LogP contribution in [0.2, 0.25) is 0 Å². The highest BCUT2D eigenvalue weighted by Crippen LogP contribution is 2.32. The summed E-state index contributed by atoms with van der Waals surface area (Å²) in [7, 11) is 5.72. The molecule has 0 spiro atoms. The summed E-state index contributed by atoms with van der Waals surface area (Å²) < 4.78 is 63.4. The lowest BCUT2D eigenvalue weighted by atomic mass is 9.91. The number of carboxylic acid groups (broad SMARTS) is 1. The van der Waals surface area contributed by atoms with Gasteiger partial charge in [0, 0.05) is 34.4 Å². The molecule has 6 aliphatic heterocycles. The van der Waals surface area contributed by atoms with E-state index in [0.29, 0.717) is 0 Å². The zero-order valence-electron chi connectivity index (χ0n) is 41.9. The number of hydrogen-bond donors (Lipinski definition) is 14. The molecule has 0 aromatic carbocycles. The van der Waals surface area contributed by atoms with Crippen molar-refractivity contribution >= 4 is 5.97 Å². The van der Waals surface area contributed by atoms with Crippen LogP contribution >= 0.6 is 0 Å². The predicted molar refractivity (Wildman–Crippen MR) is 237 cm³/mol. The fourth-order valence-corrected chi connectivity index (χ4v) is 8.93. The molecule has 14 unspecified atom stereocenters. The lowest BCUT2D eigenvalue weighted by Crippen LogP contribution is -2.64. The lowest BCUT2D eigenvalue weighted by Gasteiger charge is -2.46. The molecule has 6 heterocycles. The molecule has 71 heavy (non-hydrogen) atoms. The van der Waals surface area contributed by atoms with Crippen LogP contribution in [0.1, 0.15) is 48.5 Å². The first-order valence-electron chi connectivity index (χ1n) is 23.5. The number of aliphatic hydroxyl groups excluding tert-OH is 13. The maximum atomic E-state index is 11.4. The minimum Gasteiger partial charge on any atom is -0.479 e. The van der Waals surface area contributed by atoms with Crippen molar-refractivity contribution in [2.24, 2.45) is 5.92 Å². The van der Waals surface area contributed by atoms with Crippen LogP contribution in [0.5, 0.6) is 0 Å². The second-order valence-electron chi connectivity index (χ2n) is 18.6. The van der Waals surface area contributed by atoms with Gasteiger partial charge in [-0.05, 0) is 41.5 Å². The molecule has 0 radical (unpaired) electrons. The van der Waals surface area contributed by atoms with Crippen molar-refractivity contribution in [1.82, 2.24) is 0 Å². The number of hydrogen-bond acceptors (Lipinski definition) is 26. The van der Waals surface area contributed by atoms with E-state index in [1.54, 1.807) is 41.5 Å². The van der Waals surface area contributed by atoms with Crippen LogP contribution < -0.4 is 0 Å². The molecule has 0 aromatic rings. The molecule has 6 saturated heterocycles. The second kappa shape index (κ2) is 29.1. The Morgan fingerprint density at radius 1 is 0.451 bits per heavy atom. The van der Waals surface area contributed by atoms with Gasteiger partial charge in [0.2, 0.25) is 0 Å². The van der Waals surface area contributed by atoms with Crippen LogP contribution in [0.4, 0.5) is 0 Å². The van der Waals surface area contributed by atoms with Crippen LogP contribution in [0.25, 0.3) is 0 Å². The lowest BCUT2D eigenvalue weighted by molar-refractivity contribution is -0.349. The molecule has 6 rings (SSSR count). The van der Waals surface area contributed by atoms with Gasteiger partial charge < -0.3 is 128 Å². The predicted octanol–water partition coefficient (Wildman–Crippen LogP) is -6.28. The van der Waals surface area contributed by atoms with Crippen LogP contribution in [-0.2, 0) is 61.6 Å². The first-order chi connectivity index (χ1) is 33.2. The SMILES string of the molecule is COC1C(O)C(C)OC(C)[C@@H]1O.CO[C@@H]1C(CO)O[C@H](C)[C@@H](O)C1O.CO[C@@H]1C(O)[C@@H](C)OC[C@@H]1O.CO[C@@H]1C(O[C@H]2OC(CO[C@H]3OC(C(=O)O)[C@@H](C)[C@H](O)C3O)[C@@H](O)[C@H](O)C2O)C(C)OC(C)[C@@H]1O. The quantitative estimate of drug-likeness (QED) is 0.0915. The summed E-state index contributed by atoms with van der Waals surface area (Å²) in [5.41, 5.74) is 0. The molecular weight excluding hydrogens is 960 g/mol. The van der Waals surface area contributed by atoms with Crippen molar-refractivity contribution in [3.8, 4) is 0 Å². The molecule has 0 saturated carbocycles. The van der Waals surface area contributed by atoms with E-state index in [2.05, 4.69) is 0 Å². The Morgan fingerprint density at radius 3 is 1.42 bits per heavy atom.